The number of pyridine rings is 1. The first kappa shape index (κ1) is 26.4. The van der Waals surface area contributed by atoms with Gasteiger partial charge in [-0.3, -0.25) is 9.89 Å². The highest BCUT2D eigenvalue weighted by Crippen LogP contribution is 2.39. The Labute approximate surface area is 226 Å². The maximum atomic E-state index is 11.8. The van der Waals surface area contributed by atoms with E-state index in [4.69, 9.17) is 0 Å². The monoisotopic (exact) mass is 531 g/mol. The van der Waals surface area contributed by atoms with Gasteiger partial charge in [0.25, 0.3) is 0 Å². The van der Waals surface area contributed by atoms with Gasteiger partial charge in [-0.25, -0.2) is 0 Å². The van der Waals surface area contributed by atoms with Crippen LogP contribution < -0.4 is 10.9 Å². The molecular formula is C30H37N5O2S. The van der Waals surface area contributed by atoms with Gasteiger partial charge in [0.05, 0.1) is 21.5 Å². The van der Waals surface area contributed by atoms with Crippen molar-refractivity contribution in [1.82, 2.24) is 25.5 Å². The summed E-state index contributed by atoms with van der Waals surface area (Å²) in [5.41, 5.74) is 5.97. The summed E-state index contributed by atoms with van der Waals surface area (Å²) < 4.78 is 1.03. The van der Waals surface area contributed by atoms with E-state index in [0.29, 0.717) is 6.42 Å². The Morgan fingerprint density at radius 3 is 2.45 bits per heavy atom. The molecule has 4 heterocycles. The largest absolute Gasteiger partial charge is 0.390 e. The lowest BCUT2D eigenvalue weighted by atomic mass is 9.76. The molecule has 0 radical (unpaired) electrons. The molecule has 7 nitrogen and oxygen atoms in total. The number of hydrogen-bond acceptors (Lipinski definition) is 5. The number of thiophene rings is 1. The van der Waals surface area contributed by atoms with Crippen molar-refractivity contribution in [2.45, 2.75) is 72.6 Å². The zero-order chi connectivity index (χ0) is 27.5. The Morgan fingerprint density at radius 1 is 1.00 bits per heavy atom. The van der Waals surface area contributed by atoms with Gasteiger partial charge in [-0.1, -0.05) is 26.8 Å². The average Bonchev–Trinajstić information content (AvgIpc) is 3.50. The highest BCUT2D eigenvalue weighted by atomic mass is 32.1. The molecule has 5 N–H and O–H groups in total. The van der Waals surface area contributed by atoms with Gasteiger partial charge >= 0.3 is 0 Å². The van der Waals surface area contributed by atoms with E-state index in [1.165, 1.54) is 5.56 Å². The first-order chi connectivity index (χ1) is 17.7. The molecule has 4 aromatic heterocycles. The lowest BCUT2D eigenvalue weighted by Crippen LogP contribution is -2.49. The van der Waals surface area contributed by atoms with Crippen molar-refractivity contribution < 1.29 is 5.11 Å². The number of aromatic amines is 3. The molecule has 1 aromatic carbocycles. The first-order valence-corrected chi connectivity index (χ1v) is 13.8. The van der Waals surface area contributed by atoms with Crippen molar-refractivity contribution in [3.63, 3.8) is 0 Å². The standard InChI is InChI=1S/C30H37N5O2S/c1-28(2,3)30(6,7)32-16-17-10-19(15-29(4,5)37)20-13-22(33-21(20)11-17)26-27-23(34-35-26)14-24(38-27)18-8-9-31-25(36)12-18/h8-14,32-33,37H,15-16H2,1-7H3,(H,31,36)(H,34,35). The van der Waals surface area contributed by atoms with Crippen LogP contribution >= 0.6 is 11.3 Å². The minimum Gasteiger partial charge on any atom is -0.390 e. The fourth-order valence-electron chi connectivity index (χ4n) is 4.55. The Balaban J connectivity index is 1.56. The molecule has 0 spiro atoms. The maximum absolute atomic E-state index is 11.8. The second-order valence-electron chi connectivity index (χ2n) is 12.5. The number of nitrogens with zero attached hydrogens (tertiary/aromatic N) is 1. The predicted octanol–water partition coefficient (Wildman–Crippen LogP) is 6.36. The fraction of sp³-hybridized carbons (Fsp3) is 0.400. The topological polar surface area (TPSA) is 110 Å². The molecule has 0 aliphatic heterocycles. The quantitative estimate of drug-likeness (QED) is 0.168. The van der Waals surface area contributed by atoms with Gasteiger partial charge in [0.15, 0.2) is 0 Å². The molecule has 5 rings (SSSR count). The molecule has 0 saturated carbocycles. The number of aliphatic hydroxyl groups is 1. The van der Waals surface area contributed by atoms with E-state index in [-0.39, 0.29) is 16.5 Å². The highest BCUT2D eigenvalue weighted by Gasteiger charge is 2.32. The Bertz CT molecular complexity index is 1670. The summed E-state index contributed by atoms with van der Waals surface area (Å²) >= 11 is 1.61. The summed E-state index contributed by atoms with van der Waals surface area (Å²) in [6, 6.07) is 12.1. The predicted molar refractivity (Wildman–Crippen MR) is 158 cm³/mol. The molecule has 0 bridgehead atoms. The van der Waals surface area contributed by atoms with Crippen LogP contribution in [0.5, 0.6) is 0 Å². The molecule has 0 unspecified atom stereocenters. The van der Waals surface area contributed by atoms with E-state index in [9.17, 15) is 9.90 Å². The molecule has 8 heteroatoms. The van der Waals surface area contributed by atoms with Crippen LogP contribution in [-0.4, -0.2) is 36.4 Å². The van der Waals surface area contributed by atoms with E-state index in [2.05, 4.69) is 78.3 Å². The SMILES string of the molecule is CC(C)(O)Cc1cc(CNC(C)(C)C(C)(C)C)cc2[nH]c(-c3n[nH]c4cc(-c5cc[nH]c(=O)c5)sc34)cc12. The molecule has 200 valence electrons. The molecular weight excluding hydrogens is 494 g/mol. The van der Waals surface area contributed by atoms with E-state index in [1.807, 2.05) is 26.0 Å². The third-order valence-corrected chi connectivity index (χ3v) is 8.86. The fourth-order valence-corrected chi connectivity index (χ4v) is 5.66. The number of hydrogen-bond donors (Lipinski definition) is 5. The number of rotatable bonds is 7. The number of fused-ring (bicyclic) bond motifs is 2. The smallest absolute Gasteiger partial charge is 0.248 e. The van der Waals surface area contributed by atoms with Crippen LogP contribution in [0.2, 0.25) is 0 Å². The van der Waals surface area contributed by atoms with Gasteiger partial charge in [0.2, 0.25) is 5.56 Å². The number of aromatic nitrogens is 4. The van der Waals surface area contributed by atoms with Gasteiger partial charge in [0.1, 0.15) is 5.69 Å². The van der Waals surface area contributed by atoms with Crippen molar-refractivity contribution in [2.75, 3.05) is 0 Å². The Morgan fingerprint density at radius 2 is 1.76 bits per heavy atom. The van der Waals surface area contributed by atoms with Gasteiger partial charge in [-0.15, -0.1) is 11.3 Å². The molecule has 38 heavy (non-hydrogen) atoms. The van der Waals surface area contributed by atoms with Gasteiger partial charge in [0, 0.05) is 46.5 Å². The average molecular weight is 532 g/mol. The van der Waals surface area contributed by atoms with Crippen LogP contribution in [0.15, 0.2) is 47.4 Å². The highest BCUT2D eigenvalue weighted by molar-refractivity contribution is 7.22. The van der Waals surface area contributed by atoms with E-state index >= 15 is 0 Å². The van der Waals surface area contributed by atoms with Crippen LogP contribution in [0.4, 0.5) is 0 Å². The van der Waals surface area contributed by atoms with Gasteiger partial charge in [-0.2, -0.15) is 5.10 Å². The second kappa shape index (κ2) is 9.22. The molecule has 0 atom stereocenters. The Kier molecular flexibility index (Phi) is 6.41. The molecule has 0 fully saturated rings. The lowest BCUT2D eigenvalue weighted by Gasteiger charge is -2.40. The van der Waals surface area contributed by atoms with Crippen LogP contribution in [0.25, 0.3) is 42.9 Å². The number of benzene rings is 1. The summed E-state index contributed by atoms with van der Waals surface area (Å²) in [6.45, 7) is 15.6. The van der Waals surface area contributed by atoms with Crippen LogP contribution in [0, 0.1) is 5.41 Å². The molecule has 0 aliphatic rings. The van der Waals surface area contributed by atoms with Crippen LogP contribution in [0.3, 0.4) is 0 Å². The van der Waals surface area contributed by atoms with E-state index in [1.54, 1.807) is 23.6 Å². The normalized spacial score (nSPS) is 13.2. The Hall–Kier alpha value is -3.20. The number of H-pyrrole nitrogens is 3. The van der Waals surface area contributed by atoms with Crippen LogP contribution in [-0.2, 0) is 13.0 Å². The number of nitrogens with one attached hydrogen (secondary N) is 4. The lowest BCUT2D eigenvalue weighted by molar-refractivity contribution is 0.0813. The van der Waals surface area contributed by atoms with Crippen molar-refractivity contribution in [3.05, 3.63) is 64.1 Å². The van der Waals surface area contributed by atoms with Gasteiger partial charge in [-0.05, 0) is 74.1 Å². The van der Waals surface area contributed by atoms with E-state index in [0.717, 1.165) is 55.1 Å². The minimum atomic E-state index is -0.836. The van der Waals surface area contributed by atoms with Crippen molar-refractivity contribution in [1.29, 1.82) is 0 Å². The van der Waals surface area contributed by atoms with Gasteiger partial charge < -0.3 is 20.4 Å². The maximum Gasteiger partial charge on any atom is 0.248 e. The molecule has 0 aliphatic carbocycles. The van der Waals surface area contributed by atoms with Crippen molar-refractivity contribution in [2.24, 2.45) is 5.41 Å². The second-order valence-corrected chi connectivity index (χ2v) is 13.5. The molecule has 0 saturated heterocycles. The van der Waals surface area contributed by atoms with Crippen molar-refractivity contribution >= 4 is 32.5 Å². The summed E-state index contributed by atoms with van der Waals surface area (Å²) in [5.74, 6) is 0. The van der Waals surface area contributed by atoms with E-state index < -0.39 is 5.60 Å². The third-order valence-electron chi connectivity index (χ3n) is 7.67. The summed E-state index contributed by atoms with van der Waals surface area (Å²) in [5, 5.41) is 23.3. The van der Waals surface area contributed by atoms with Crippen LogP contribution in [0.1, 0.15) is 59.6 Å². The van der Waals surface area contributed by atoms with Crippen molar-refractivity contribution in [3.8, 4) is 21.8 Å². The summed E-state index contributed by atoms with van der Waals surface area (Å²) in [4.78, 5) is 19.1. The zero-order valence-corrected chi connectivity index (χ0v) is 24.0. The third kappa shape index (κ3) is 5.21. The minimum absolute atomic E-state index is 0.0551. The summed E-state index contributed by atoms with van der Waals surface area (Å²) in [7, 11) is 0. The summed E-state index contributed by atoms with van der Waals surface area (Å²) in [6.07, 6.45) is 2.21. The first-order valence-electron chi connectivity index (χ1n) is 13.0. The molecule has 5 aromatic rings. The zero-order valence-electron chi connectivity index (χ0n) is 23.2. The molecule has 0 amide bonds.